The second-order valence-corrected chi connectivity index (χ2v) is 9.19. The number of ether oxygens (including phenoxy) is 1. The number of carbonyl (C=O) groups is 1. The summed E-state index contributed by atoms with van der Waals surface area (Å²) in [6, 6.07) is 16.0. The summed E-state index contributed by atoms with van der Waals surface area (Å²) in [5, 5.41) is 11.0. The number of morpholine rings is 1. The fourth-order valence-corrected chi connectivity index (χ4v) is 4.36. The van der Waals surface area contributed by atoms with Crippen LogP contribution >= 0.6 is 0 Å². The van der Waals surface area contributed by atoms with Gasteiger partial charge in [-0.1, -0.05) is 18.2 Å². The zero-order valence-electron chi connectivity index (χ0n) is 20.1. The molecular weight excluding hydrogens is 440 g/mol. The molecule has 1 fully saturated rings. The first-order valence-electron chi connectivity index (χ1n) is 11.8. The van der Waals surface area contributed by atoms with Crippen LogP contribution in [0.15, 0.2) is 60.9 Å². The quantitative estimate of drug-likeness (QED) is 0.428. The Morgan fingerprint density at radius 1 is 1.03 bits per heavy atom. The highest BCUT2D eigenvalue weighted by Gasteiger charge is 2.16. The van der Waals surface area contributed by atoms with E-state index >= 15 is 0 Å². The molecule has 1 aliphatic rings. The normalized spacial score (nSPS) is 14.5. The van der Waals surface area contributed by atoms with E-state index in [1.807, 2.05) is 69.0 Å². The van der Waals surface area contributed by atoms with Crippen molar-refractivity contribution in [3.8, 4) is 11.1 Å². The molecule has 2 aromatic carbocycles. The molecule has 8 nitrogen and oxygen atoms in total. The first kappa shape index (κ1) is 23.2. The van der Waals surface area contributed by atoms with Crippen LogP contribution in [0.1, 0.15) is 21.6 Å². The number of nitrogens with zero attached hydrogens (tertiary/aromatic N) is 4. The van der Waals surface area contributed by atoms with Gasteiger partial charge in [0, 0.05) is 55.2 Å². The van der Waals surface area contributed by atoms with Gasteiger partial charge in [0.2, 0.25) is 0 Å². The van der Waals surface area contributed by atoms with Crippen molar-refractivity contribution in [3.63, 3.8) is 0 Å². The molecule has 1 aliphatic heterocycles. The first-order valence-corrected chi connectivity index (χ1v) is 11.8. The Morgan fingerprint density at radius 3 is 2.60 bits per heavy atom. The average molecular weight is 471 g/mol. The zero-order chi connectivity index (χ0) is 24.2. The predicted molar refractivity (Wildman–Crippen MR) is 137 cm³/mol. The van der Waals surface area contributed by atoms with Gasteiger partial charge >= 0.3 is 0 Å². The summed E-state index contributed by atoms with van der Waals surface area (Å²) in [6.45, 7) is 5.11. The highest BCUT2D eigenvalue weighted by Crippen LogP contribution is 2.26. The van der Waals surface area contributed by atoms with E-state index in [4.69, 9.17) is 4.74 Å². The summed E-state index contributed by atoms with van der Waals surface area (Å²) in [5.41, 5.74) is 6.29. The summed E-state index contributed by atoms with van der Waals surface area (Å²) in [5.74, 6) is -0.243. The number of benzene rings is 2. The van der Waals surface area contributed by atoms with Gasteiger partial charge in [0.05, 0.1) is 18.7 Å². The van der Waals surface area contributed by atoms with Crippen molar-refractivity contribution < 1.29 is 9.53 Å². The van der Waals surface area contributed by atoms with Crippen LogP contribution in [-0.2, 0) is 17.8 Å². The molecule has 2 aromatic heterocycles. The number of aromatic nitrogens is 3. The molecule has 0 atom stereocenters. The minimum absolute atomic E-state index is 0.243. The van der Waals surface area contributed by atoms with Crippen LogP contribution in [0.4, 0.5) is 5.69 Å². The Hall–Kier alpha value is -3.59. The number of H-pyrrole nitrogens is 1. The number of anilines is 1. The standard InChI is InChI=1S/C27H30N6O2/c1-32(2)17-19-3-6-23(7-4-19)29-27(34)26-24-14-21(5-8-25(24)30-31-26)22-13-20(15-28-16-22)18-33-9-11-35-12-10-33/h3-8,13-16H,9-12,17-18H2,1-2H3,(H,29,34)(H,30,31). The highest BCUT2D eigenvalue weighted by atomic mass is 16.5. The molecule has 35 heavy (non-hydrogen) atoms. The van der Waals surface area contributed by atoms with E-state index in [-0.39, 0.29) is 5.91 Å². The van der Waals surface area contributed by atoms with Gasteiger partial charge in [0.25, 0.3) is 5.91 Å². The van der Waals surface area contributed by atoms with E-state index in [2.05, 4.69) is 36.4 Å². The molecule has 3 heterocycles. The number of hydrogen-bond donors (Lipinski definition) is 2. The zero-order valence-corrected chi connectivity index (χ0v) is 20.1. The Kier molecular flexibility index (Phi) is 6.85. The molecule has 4 aromatic rings. The van der Waals surface area contributed by atoms with Crippen LogP contribution in [0.3, 0.4) is 0 Å². The summed E-state index contributed by atoms with van der Waals surface area (Å²) in [7, 11) is 4.06. The van der Waals surface area contributed by atoms with Gasteiger partial charge in [-0.3, -0.25) is 19.8 Å². The third-order valence-electron chi connectivity index (χ3n) is 6.13. The lowest BCUT2D eigenvalue weighted by Crippen LogP contribution is -2.35. The van der Waals surface area contributed by atoms with Crippen molar-refractivity contribution in [2.75, 3.05) is 45.7 Å². The van der Waals surface area contributed by atoms with Crippen molar-refractivity contribution in [2.24, 2.45) is 0 Å². The minimum atomic E-state index is -0.243. The van der Waals surface area contributed by atoms with Gasteiger partial charge < -0.3 is 15.0 Å². The van der Waals surface area contributed by atoms with Gasteiger partial charge in [-0.05, 0) is 61.1 Å². The number of amides is 1. The molecule has 0 saturated carbocycles. The maximum absolute atomic E-state index is 13.0. The van der Waals surface area contributed by atoms with Crippen molar-refractivity contribution >= 4 is 22.5 Å². The lowest BCUT2D eigenvalue weighted by Gasteiger charge is -2.26. The molecule has 0 aliphatic carbocycles. The Bertz CT molecular complexity index is 1310. The molecule has 1 saturated heterocycles. The Morgan fingerprint density at radius 2 is 1.83 bits per heavy atom. The molecule has 0 bridgehead atoms. The number of carbonyl (C=O) groups excluding carboxylic acids is 1. The van der Waals surface area contributed by atoms with E-state index < -0.39 is 0 Å². The predicted octanol–water partition coefficient (Wildman–Crippen LogP) is 3.77. The van der Waals surface area contributed by atoms with Crippen LogP contribution in [0.5, 0.6) is 0 Å². The topological polar surface area (TPSA) is 86.4 Å². The average Bonchev–Trinajstić information content (AvgIpc) is 3.29. The lowest BCUT2D eigenvalue weighted by atomic mass is 10.0. The van der Waals surface area contributed by atoms with Crippen molar-refractivity contribution in [2.45, 2.75) is 13.1 Å². The van der Waals surface area contributed by atoms with Gasteiger partial charge in [-0.25, -0.2) is 0 Å². The van der Waals surface area contributed by atoms with Crippen molar-refractivity contribution in [3.05, 3.63) is 77.7 Å². The van der Waals surface area contributed by atoms with Crippen LogP contribution in [0.25, 0.3) is 22.0 Å². The fraction of sp³-hybridized carbons (Fsp3) is 0.296. The van der Waals surface area contributed by atoms with Gasteiger partial charge in [-0.15, -0.1) is 0 Å². The van der Waals surface area contributed by atoms with E-state index in [0.717, 1.165) is 72.7 Å². The summed E-state index contributed by atoms with van der Waals surface area (Å²) >= 11 is 0. The molecule has 0 spiro atoms. The van der Waals surface area contributed by atoms with E-state index in [1.54, 1.807) is 0 Å². The monoisotopic (exact) mass is 470 g/mol. The van der Waals surface area contributed by atoms with Crippen molar-refractivity contribution in [1.82, 2.24) is 25.0 Å². The summed E-state index contributed by atoms with van der Waals surface area (Å²) in [4.78, 5) is 22.0. The molecule has 0 radical (unpaired) electrons. The van der Waals surface area contributed by atoms with Crippen molar-refractivity contribution in [1.29, 1.82) is 0 Å². The maximum Gasteiger partial charge on any atom is 0.276 e. The largest absolute Gasteiger partial charge is 0.379 e. The van der Waals surface area contributed by atoms with Crippen LogP contribution in [-0.4, -0.2) is 71.3 Å². The van der Waals surface area contributed by atoms with Gasteiger partial charge in [0.15, 0.2) is 5.69 Å². The molecule has 1 amide bonds. The Balaban J connectivity index is 1.35. The second kappa shape index (κ2) is 10.4. The number of pyridine rings is 1. The third-order valence-corrected chi connectivity index (χ3v) is 6.13. The first-order chi connectivity index (χ1) is 17.0. The summed E-state index contributed by atoms with van der Waals surface area (Å²) in [6.07, 6.45) is 3.77. The number of aromatic amines is 1. The molecule has 5 rings (SSSR count). The van der Waals surface area contributed by atoms with Gasteiger partial charge in [-0.2, -0.15) is 5.10 Å². The van der Waals surface area contributed by atoms with Gasteiger partial charge in [0.1, 0.15) is 0 Å². The molecular formula is C27H30N6O2. The van der Waals surface area contributed by atoms with Crippen LogP contribution < -0.4 is 5.32 Å². The third kappa shape index (κ3) is 5.57. The number of fused-ring (bicyclic) bond motifs is 1. The minimum Gasteiger partial charge on any atom is -0.379 e. The molecule has 2 N–H and O–H groups in total. The van der Waals surface area contributed by atoms with E-state index in [9.17, 15) is 4.79 Å². The Labute approximate surface area is 204 Å². The van der Waals surface area contributed by atoms with E-state index in [1.165, 1.54) is 5.56 Å². The van der Waals surface area contributed by atoms with Crippen LogP contribution in [0.2, 0.25) is 0 Å². The highest BCUT2D eigenvalue weighted by molar-refractivity contribution is 6.11. The maximum atomic E-state index is 13.0. The number of nitrogens with one attached hydrogen (secondary N) is 2. The second-order valence-electron chi connectivity index (χ2n) is 9.19. The smallest absolute Gasteiger partial charge is 0.276 e. The molecule has 180 valence electrons. The SMILES string of the molecule is CN(C)Cc1ccc(NC(=O)c2n[nH]c3ccc(-c4cncc(CN5CCOCC5)c4)cc23)cc1. The summed E-state index contributed by atoms with van der Waals surface area (Å²) < 4.78 is 5.45. The molecule has 8 heteroatoms. The van der Waals surface area contributed by atoms with E-state index in [0.29, 0.717) is 5.69 Å². The number of rotatable bonds is 7. The molecule has 0 unspecified atom stereocenters. The fourth-order valence-electron chi connectivity index (χ4n) is 4.36. The number of hydrogen-bond acceptors (Lipinski definition) is 6. The van der Waals surface area contributed by atoms with Crippen LogP contribution in [0, 0.1) is 0 Å². The lowest BCUT2D eigenvalue weighted by molar-refractivity contribution is 0.0341.